The maximum atomic E-state index is 4.66. The Kier molecular flexibility index (Phi) is 2.79. The second-order valence-corrected chi connectivity index (χ2v) is 5.05. The first-order valence-corrected chi connectivity index (χ1v) is 7.00. The minimum absolute atomic E-state index is 0.971. The number of H-pyrrole nitrogens is 1. The Labute approximate surface area is 122 Å². The molecule has 2 nitrogen and oxygen atoms in total. The van der Waals surface area contributed by atoms with Crippen molar-refractivity contribution in [1.82, 2.24) is 9.97 Å². The van der Waals surface area contributed by atoms with Crippen molar-refractivity contribution in [3.63, 3.8) is 0 Å². The zero-order valence-corrected chi connectivity index (χ0v) is 11.5. The topological polar surface area (TPSA) is 28.7 Å². The first kappa shape index (κ1) is 11.9. The lowest BCUT2D eigenvalue weighted by Crippen LogP contribution is -1.82. The molecule has 2 aromatic heterocycles. The molecule has 2 heterocycles. The van der Waals surface area contributed by atoms with Crippen LogP contribution in [0.5, 0.6) is 0 Å². The molecular weight excluding hydrogens is 256 g/mol. The molecule has 0 bridgehead atoms. The fraction of sp³-hybridized carbons (Fsp3) is 0. The van der Waals surface area contributed by atoms with Gasteiger partial charge in [-0.1, -0.05) is 48.5 Å². The molecule has 0 atom stereocenters. The van der Waals surface area contributed by atoms with Crippen LogP contribution in [-0.4, -0.2) is 9.97 Å². The molecule has 0 radical (unpaired) electrons. The van der Waals surface area contributed by atoms with Crippen LogP contribution in [0, 0.1) is 0 Å². The maximum Gasteiger partial charge on any atom is 0.0709 e. The molecule has 100 valence electrons. The highest BCUT2D eigenvalue weighted by molar-refractivity contribution is 5.91. The number of nitrogens with one attached hydrogen (secondary N) is 1. The average molecular weight is 270 g/mol. The number of aromatic amines is 1. The van der Waals surface area contributed by atoms with Crippen LogP contribution in [0.2, 0.25) is 0 Å². The van der Waals surface area contributed by atoms with Gasteiger partial charge in [0.2, 0.25) is 0 Å². The lowest BCUT2D eigenvalue weighted by molar-refractivity contribution is 1.37. The van der Waals surface area contributed by atoms with E-state index in [9.17, 15) is 0 Å². The van der Waals surface area contributed by atoms with Gasteiger partial charge in [-0.05, 0) is 29.8 Å². The minimum atomic E-state index is 0.971. The third kappa shape index (κ3) is 2.21. The van der Waals surface area contributed by atoms with E-state index < -0.39 is 0 Å². The van der Waals surface area contributed by atoms with Crippen LogP contribution < -0.4 is 0 Å². The molecule has 0 aliphatic rings. The van der Waals surface area contributed by atoms with Crippen LogP contribution in [-0.2, 0) is 0 Å². The molecule has 0 unspecified atom stereocenters. The number of pyridine rings is 1. The van der Waals surface area contributed by atoms with E-state index in [4.69, 9.17) is 0 Å². The van der Waals surface area contributed by atoms with Gasteiger partial charge in [0.25, 0.3) is 0 Å². The first-order valence-electron chi connectivity index (χ1n) is 7.00. The Morgan fingerprint density at radius 3 is 2.67 bits per heavy atom. The predicted molar refractivity (Wildman–Crippen MR) is 89.0 cm³/mol. The molecule has 0 amide bonds. The number of nitrogens with zero attached hydrogens (tertiary/aromatic N) is 1. The van der Waals surface area contributed by atoms with Crippen molar-refractivity contribution in [2.75, 3.05) is 0 Å². The Bertz CT molecular complexity index is 948. The summed E-state index contributed by atoms with van der Waals surface area (Å²) in [6, 6.07) is 20.6. The van der Waals surface area contributed by atoms with Gasteiger partial charge in [-0.2, -0.15) is 0 Å². The fourth-order valence-corrected chi connectivity index (χ4v) is 2.58. The molecule has 0 fully saturated rings. The van der Waals surface area contributed by atoms with E-state index in [0.717, 1.165) is 16.7 Å². The van der Waals surface area contributed by atoms with Gasteiger partial charge in [0.15, 0.2) is 0 Å². The van der Waals surface area contributed by atoms with Crippen molar-refractivity contribution in [2.24, 2.45) is 0 Å². The van der Waals surface area contributed by atoms with Gasteiger partial charge in [0, 0.05) is 22.5 Å². The van der Waals surface area contributed by atoms with Gasteiger partial charge >= 0.3 is 0 Å². The van der Waals surface area contributed by atoms with Crippen LogP contribution in [0.4, 0.5) is 0 Å². The third-order valence-electron chi connectivity index (χ3n) is 3.67. The smallest absolute Gasteiger partial charge is 0.0709 e. The Morgan fingerprint density at radius 1 is 0.810 bits per heavy atom. The maximum absolute atomic E-state index is 4.66. The van der Waals surface area contributed by atoms with E-state index >= 15 is 0 Å². The number of aromatic nitrogens is 2. The quantitative estimate of drug-likeness (QED) is 0.552. The van der Waals surface area contributed by atoms with Crippen LogP contribution in [0.3, 0.4) is 0 Å². The largest absolute Gasteiger partial charge is 0.361 e. The molecule has 0 spiro atoms. The summed E-state index contributed by atoms with van der Waals surface area (Å²) in [7, 11) is 0. The van der Waals surface area contributed by atoms with Crippen LogP contribution in [0.1, 0.15) is 11.3 Å². The monoisotopic (exact) mass is 270 g/mol. The number of para-hydroxylation sites is 2. The molecule has 2 heteroatoms. The van der Waals surface area contributed by atoms with Crippen molar-refractivity contribution in [3.8, 4) is 0 Å². The third-order valence-corrected chi connectivity index (χ3v) is 3.67. The molecular formula is C19H14N2. The normalized spacial score (nSPS) is 11.6. The van der Waals surface area contributed by atoms with Gasteiger partial charge in [-0.15, -0.1) is 0 Å². The SMILES string of the molecule is C(=C/c1c[nH]c2ccccc12)/c1ccc2ccccc2n1. The van der Waals surface area contributed by atoms with Crippen molar-refractivity contribution in [1.29, 1.82) is 0 Å². The van der Waals surface area contributed by atoms with Gasteiger partial charge in [0.05, 0.1) is 11.2 Å². The van der Waals surface area contributed by atoms with E-state index in [1.54, 1.807) is 0 Å². The van der Waals surface area contributed by atoms with E-state index in [1.165, 1.54) is 16.3 Å². The Balaban J connectivity index is 1.73. The summed E-state index contributed by atoms with van der Waals surface area (Å²) in [6.07, 6.45) is 6.19. The summed E-state index contributed by atoms with van der Waals surface area (Å²) in [5.74, 6) is 0. The molecule has 1 N–H and O–H groups in total. The van der Waals surface area contributed by atoms with Crippen LogP contribution in [0.15, 0.2) is 66.9 Å². The number of fused-ring (bicyclic) bond motifs is 2. The highest BCUT2D eigenvalue weighted by Crippen LogP contribution is 2.20. The molecule has 4 aromatic rings. The Morgan fingerprint density at radius 2 is 1.67 bits per heavy atom. The van der Waals surface area contributed by atoms with E-state index in [1.807, 2.05) is 36.5 Å². The zero-order valence-electron chi connectivity index (χ0n) is 11.5. The summed E-state index contributed by atoms with van der Waals surface area (Å²) in [5.41, 5.74) is 4.33. The number of hydrogen-bond donors (Lipinski definition) is 1. The van der Waals surface area contributed by atoms with E-state index in [0.29, 0.717) is 0 Å². The minimum Gasteiger partial charge on any atom is -0.361 e. The molecule has 4 rings (SSSR count). The molecule has 2 aromatic carbocycles. The van der Waals surface area contributed by atoms with Crippen molar-refractivity contribution in [3.05, 3.63) is 78.1 Å². The standard InChI is InChI=1S/C19H14N2/c1-3-7-18-14(5-1)9-11-16(21-18)12-10-15-13-20-19-8-4-2-6-17(15)19/h1-13,20H/b12-10-. The summed E-state index contributed by atoms with van der Waals surface area (Å²) < 4.78 is 0. The number of benzene rings is 2. The van der Waals surface area contributed by atoms with E-state index in [2.05, 4.69) is 52.5 Å². The van der Waals surface area contributed by atoms with E-state index in [-0.39, 0.29) is 0 Å². The van der Waals surface area contributed by atoms with Crippen LogP contribution in [0.25, 0.3) is 34.0 Å². The van der Waals surface area contributed by atoms with Crippen molar-refractivity contribution < 1.29 is 0 Å². The second kappa shape index (κ2) is 4.91. The lowest BCUT2D eigenvalue weighted by atomic mass is 10.1. The summed E-state index contributed by atoms with van der Waals surface area (Å²) in [5, 5.41) is 2.40. The highest BCUT2D eigenvalue weighted by Gasteiger charge is 1.99. The molecule has 0 aliphatic heterocycles. The van der Waals surface area contributed by atoms with Crippen molar-refractivity contribution in [2.45, 2.75) is 0 Å². The van der Waals surface area contributed by atoms with Gasteiger partial charge in [-0.3, -0.25) is 0 Å². The molecule has 0 saturated carbocycles. The fourth-order valence-electron chi connectivity index (χ4n) is 2.58. The first-order chi connectivity index (χ1) is 10.4. The zero-order chi connectivity index (χ0) is 14.1. The summed E-state index contributed by atoms with van der Waals surface area (Å²) in [4.78, 5) is 7.94. The molecule has 0 aliphatic carbocycles. The summed E-state index contributed by atoms with van der Waals surface area (Å²) in [6.45, 7) is 0. The van der Waals surface area contributed by atoms with Gasteiger partial charge in [-0.25, -0.2) is 4.98 Å². The summed E-state index contributed by atoms with van der Waals surface area (Å²) >= 11 is 0. The predicted octanol–water partition coefficient (Wildman–Crippen LogP) is 4.89. The lowest BCUT2D eigenvalue weighted by Gasteiger charge is -1.98. The molecule has 21 heavy (non-hydrogen) atoms. The van der Waals surface area contributed by atoms with Crippen LogP contribution >= 0.6 is 0 Å². The Hall–Kier alpha value is -2.87. The molecule has 0 saturated heterocycles. The number of rotatable bonds is 2. The second-order valence-electron chi connectivity index (χ2n) is 5.05. The van der Waals surface area contributed by atoms with Crippen molar-refractivity contribution >= 4 is 34.0 Å². The van der Waals surface area contributed by atoms with Gasteiger partial charge < -0.3 is 4.98 Å². The number of hydrogen-bond acceptors (Lipinski definition) is 1. The van der Waals surface area contributed by atoms with Gasteiger partial charge in [0.1, 0.15) is 0 Å². The highest BCUT2D eigenvalue weighted by atomic mass is 14.7. The average Bonchev–Trinajstić information content (AvgIpc) is 2.96.